The normalized spacial score (nSPS) is 20.4. The Morgan fingerprint density at radius 1 is 0.750 bits per heavy atom. The van der Waals surface area contributed by atoms with Crippen LogP contribution in [-0.4, -0.2) is 11.8 Å². The van der Waals surface area contributed by atoms with E-state index in [2.05, 4.69) is 0 Å². The number of Topliss-reactive ketones (excluding diaryl/α,β-unsaturated/α-hetero) is 1. The van der Waals surface area contributed by atoms with Gasteiger partial charge in [0.2, 0.25) is 0 Å². The van der Waals surface area contributed by atoms with Gasteiger partial charge in [0.15, 0.2) is 5.78 Å². The SMILES string of the molecule is O=C(CC1C(C(=O)c2ccccc2)C1c1ccccc1)OCc1ccccc1. The molecular weight excluding hydrogens is 348 g/mol. The fourth-order valence-corrected chi connectivity index (χ4v) is 3.90. The second kappa shape index (κ2) is 8.22. The van der Waals surface area contributed by atoms with Gasteiger partial charge in [-0.25, -0.2) is 0 Å². The van der Waals surface area contributed by atoms with Crippen molar-refractivity contribution in [2.45, 2.75) is 18.9 Å². The van der Waals surface area contributed by atoms with Crippen molar-refractivity contribution in [1.29, 1.82) is 0 Å². The lowest BCUT2D eigenvalue weighted by Gasteiger charge is -2.05. The molecule has 0 radical (unpaired) electrons. The van der Waals surface area contributed by atoms with Gasteiger partial charge in [-0.1, -0.05) is 91.0 Å². The number of esters is 1. The highest BCUT2D eigenvalue weighted by Gasteiger charge is 2.55. The first kappa shape index (κ1) is 18.2. The summed E-state index contributed by atoms with van der Waals surface area (Å²) in [5, 5.41) is 0. The Morgan fingerprint density at radius 3 is 1.96 bits per heavy atom. The summed E-state index contributed by atoms with van der Waals surface area (Å²) in [4.78, 5) is 25.4. The van der Waals surface area contributed by atoms with Crippen LogP contribution >= 0.6 is 0 Å². The number of benzene rings is 3. The topological polar surface area (TPSA) is 43.4 Å². The molecular formula is C25H22O3. The van der Waals surface area contributed by atoms with Crippen molar-refractivity contribution in [3.05, 3.63) is 108 Å². The van der Waals surface area contributed by atoms with E-state index in [9.17, 15) is 9.59 Å². The number of rotatable bonds is 7. The van der Waals surface area contributed by atoms with Crippen LogP contribution in [-0.2, 0) is 16.1 Å². The average Bonchev–Trinajstić information content (AvgIpc) is 3.47. The highest BCUT2D eigenvalue weighted by atomic mass is 16.5. The predicted molar refractivity (Wildman–Crippen MR) is 108 cm³/mol. The second-order valence-corrected chi connectivity index (χ2v) is 7.21. The minimum Gasteiger partial charge on any atom is -0.461 e. The summed E-state index contributed by atoms with van der Waals surface area (Å²) >= 11 is 0. The molecule has 4 rings (SSSR count). The molecule has 3 aromatic rings. The molecule has 3 unspecified atom stereocenters. The molecule has 0 aliphatic heterocycles. The van der Waals surface area contributed by atoms with Crippen molar-refractivity contribution < 1.29 is 14.3 Å². The van der Waals surface area contributed by atoms with E-state index < -0.39 is 0 Å². The number of hydrogen-bond donors (Lipinski definition) is 0. The second-order valence-electron chi connectivity index (χ2n) is 7.21. The van der Waals surface area contributed by atoms with Crippen LogP contribution in [0.4, 0.5) is 0 Å². The maximum Gasteiger partial charge on any atom is 0.306 e. The molecule has 1 aliphatic carbocycles. The molecule has 140 valence electrons. The first-order valence-electron chi connectivity index (χ1n) is 9.58. The van der Waals surface area contributed by atoms with Crippen LogP contribution in [0.15, 0.2) is 91.0 Å². The van der Waals surface area contributed by atoms with Crippen LogP contribution in [0.5, 0.6) is 0 Å². The molecule has 0 amide bonds. The Balaban J connectivity index is 1.45. The lowest BCUT2D eigenvalue weighted by molar-refractivity contribution is -0.145. The van der Waals surface area contributed by atoms with E-state index in [0.29, 0.717) is 5.56 Å². The van der Waals surface area contributed by atoms with Gasteiger partial charge in [0.1, 0.15) is 6.61 Å². The molecule has 3 aromatic carbocycles. The van der Waals surface area contributed by atoms with Crippen LogP contribution in [0.2, 0.25) is 0 Å². The van der Waals surface area contributed by atoms with Gasteiger partial charge in [-0.2, -0.15) is 0 Å². The molecule has 0 N–H and O–H groups in total. The van der Waals surface area contributed by atoms with Crippen molar-refractivity contribution in [2.24, 2.45) is 11.8 Å². The fraction of sp³-hybridized carbons (Fsp3) is 0.200. The number of carbonyl (C=O) groups excluding carboxylic acids is 2. The van der Waals surface area contributed by atoms with Crippen LogP contribution in [0, 0.1) is 11.8 Å². The Labute approximate surface area is 165 Å². The van der Waals surface area contributed by atoms with Gasteiger partial charge < -0.3 is 4.74 Å². The Bertz CT molecular complexity index is 935. The Kier molecular flexibility index (Phi) is 5.34. The molecule has 1 saturated carbocycles. The summed E-state index contributed by atoms with van der Waals surface area (Å²) in [6.07, 6.45) is 0.260. The molecule has 0 spiro atoms. The average molecular weight is 370 g/mol. The van der Waals surface area contributed by atoms with E-state index in [1.807, 2.05) is 91.0 Å². The lowest BCUT2D eigenvalue weighted by atomic mass is 10.0. The highest BCUT2D eigenvalue weighted by Crippen LogP contribution is 2.57. The summed E-state index contributed by atoms with van der Waals surface area (Å²) in [7, 11) is 0. The molecule has 0 saturated heterocycles. The summed E-state index contributed by atoms with van der Waals surface area (Å²) in [5.41, 5.74) is 2.77. The quantitative estimate of drug-likeness (QED) is 0.433. The molecule has 0 aromatic heterocycles. The van der Waals surface area contributed by atoms with E-state index in [0.717, 1.165) is 11.1 Å². The zero-order chi connectivity index (χ0) is 19.3. The van der Waals surface area contributed by atoms with E-state index in [1.165, 1.54) is 0 Å². The monoisotopic (exact) mass is 370 g/mol. The summed E-state index contributed by atoms with van der Waals surface area (Å²) < 4.78 is 5.45. The van der Waals surface area contributed by atoms with E-state index in [1.54, 1.807) is 0 Å². The fourth-order valence-electron chi connectivity index (χ4n) is 3.90. The van der Waals surface area contributed by atoms with Crippen molar-refractivity contribution in [1.82, 2.24) is 0 Å². The molecule has 3 atom stereocenters. The first-order valence-corrected chi connectivity index (χ1v) is 9.58. The maximum atomic E-state index is 13.0. The van der Waals surface area contributed by atoms with Crippen LogP contribution in [0.25, 0.3) is 0 Å². The molecule has 0 bridgehead atoms. The molecule has 3 heteroatoms. The maximum absolute atomic E-state index is 13.0. The van der Waals surface area contributed by atoms with Gasteiger partial charge >= 0.3 is 5.97 Å². The van der Waals surface area contributed by atoms with Crippen LogP contribution in [0.1, 0.15) is 33.8 Å². The van der Waals surface area contributed by atoms with Crippen molar-refractivity contribution in [3.63, 3.8) is 0 Å². The number of ketones is 1. The zero-order valence-corrected chi connectivity index (χ0v) is 15.5. The molecule has 1 fully saturated rings. The van der Waals surface area contributed by atoms with E-state index >= 15 is 0 Å². The third-order valence-electron chi connectivity index (χ3n) is 5.36. The molecule has 1 aliphatic rings. The molecule has 0 heterocycles. The minimum atomic E-state index is -0.252. The lowest BCUT2D eigenvalue weighted by Crippen LogP contribution is -2.08. The smallest absolute Gasteiger partial charge is 0.306 e. The standard InChI is InChI=1S/C25H22O3/c26-22(28-17-18-10-4-1-5-11-18)16-21-23(19-12-6-2-7-13-19)24(21)25(27)20-14-8-3-9-15-20/h1-15,21,23-24H,16-17H2. The van der Waals surface area contributed by atoms with Crippen molar-refractivity contribution in [3.8, 4) is 0 Å². The first-order chi connectivity index (χ1) is 13.7. The number of carbonyl (C=O) groups is 2. The zero-order valence-electron chi connectivity index (χ0n) is 15.5. The number of hydrogen-bond acceptors (Lipinski definition) is 3. The Hall–Kier alpha value is -3.20. The van der Waals surface area contributed by atoms with Gasteiger partial charge in [0.05, 0.1) is 0 Å². The van der Waals surface area contributed by atoms with E-state index in [-0.39, 0.29) is 42.5 Å². The third-order valence-corrected chi connectivity index (χ3v) is 5.36. The number of ether oxygens (including phenoxy) is 1. The van der Waals surface area contributed by atoms with Crippen molar-refractivity contribution in [2.75, 3.05) is 0 Å². The van der Waals surface area contributed by atoms with Gasteiger partial charge in [-0.05, 0) is 23.0 Å². The van der Waals surface area contributed by atoms with Gasteiger partial charge in [0.25, 0.3) is 0 Å². The van der Waals surface area contributed by atoms with Gasteiger partial charge in [-0.15, -0.1) is 0 Å². The minimum absolute atomic E-state index is 0.0154. The summed E-state index contributed by atoms with van der Waals surface area (Å²) in [6, 6.07) is 28.9. The summed E-state index contributed by atoms with van der Waals surface area (Å²) in [6.45, 7) is 0.264. The van der Waals surface area contributed by atoms with Crippen LogP contribution in [0.3, 0.4) is 0 Å². The molecule has 3 nitrogen and oxygen atoms in total. The van der Waals surface area contributed by atoms with Gasteiger partial charge in [0, 0.05) is 17.9 Å². The van der Waals surface area contributed by atoms with Gasteiger partial charge in [-0.3, -0.25) is 9.59 Å². The van der Waals surface area contributed by atoms with E-state index in [4.69, 9.17) is 4.74 Å². The largest absolute Gasteiger partial charge is 0.461 e. The highest BCUT2D eigenvalue weighted by molar-refractivity contribution is 6.01. The Morgan fingerprint density at radius 2 is 1.32 bits per heavy atom. The molecule has 28 heavy (non-hydrogen) atoms. The van der Waals surface area contributed by atoms with Crippen molar-refractivity contribution >= 4 is 11.8 Å². The summed E-state index contributed by atoms with van der Waals surface area (Å²) in [5.74, 6) is -0.265. The van der Waals surface area contributed by atoms with Crippen LogP contribution < -0.4 is 0 Å². The predicted octanol–water partition coefficient (Wildman–Crippen LogP) is 5.03. The third kappa shape index (κ3) is 4.04.